The molecule has 0 bridgehead atoms. The van der Waals surface area contributed by atoms with Crippen LogP contribution in [0.4, 0.5) is 0 Å². The fourth-order valence-corrected chi connectivity index (χ4v) is 3.57. The minimum absolute atomic E-state index is 0.0522. The number of hydrogen-bond donors (Lipinski definition) is 2. The molecule has 1 fully saturated rings. The second-order valence-electron chi connectivity index (χ2n) is 4.17. The van der Waals surface area contributed by atoms with Crippen molar-refractivity contribution in [1.29, 1.82) is 0 Å². The highest BCUT2D eigenvalue weighted by Gasteiger charge is 2.33. The van der Waals surface area contributed by atoms with Crippen LogP contribution < -0.4 is 5.32 Å². The molecule has 94 valence electrons. The molecule has 2 N–H and O–H groups in total. The quantitative estimate of drug-likeness (QED) is 0.852. The van der Waals surface area contributed by atoms with Crippen molar-refractivity contribution >= 4 is 17.7 Å². The molecule has 0 aromatic carbocycles. The summed E-state index contributed by atoms with van der Waals surface area (Å²) in [5.41, 5.74) is 3.25. The molecule has 1 aromatic heterocycles. The van der Waals surface area contributed by atoms with Crippen molar-refractivity contribution in [3.63, 3.8) is 0 Å². The number of nitrogens with zero attached hydrogens (tertiary/aromatic N) is 2. The number of carbonyl (C=O) groups is 1. The van der Waals surface area contributed by atoms with Gasteiger partial charge in [-0.3, -0.25) is 14.8 Å². The van der Waals surface area contributed by atoms with Gasteiger partial charge in [-0.15, -0.1) is 11.8 Å². The van der Waals surface area contributed by atoms with Crippen molar-refractivity contribution in [2.45, 2.75) is 38.7 Å². The third-order valence-corrected chi connectivity index (χ3v) is 4.31. The van der Waals surface area contributed by atoms with Crippen LogP contribution in [0.1, 0.15) is 29.2 Å². The van der Waals surface area contributed by atoms with Gasteiger partial charge in [-0.05, 0) is 20.8 Å². The van der Waals surface area contributed by atoms with E-state index in [0.29, 0.717) is 5.75 Å². The van der Waals surface area contributed by atoms with E-state index in [4.69, 9.17) is 5.11 Å². The summed E-state index contributed by atoms with van der Waals surface area (Å²) in [6.07, 6.45) is 0. The minimum Gasteiger partial charge on any atom is -0.480 e. The second kappa shape index (κ2) is 4.70. The maximum atomic E-state index is 10.9. The van der Waals surface area contributed by atoms with Crippen molar-refractivity contribution in [3.05, 3.63) is 17.0 Å². The zero-order valence-electron chi connectivity index (χ0n) is 10.2. The lowest BCUT2D eigenvalue weighted by Crippen LogP contribution is -2.33. The summed E-state index contributed by atoms with van der Waals surface area (Å²) < 4.78 is 1.96. The van der Waals surface area contributed by atoms with E-state index in [1.165, 1.54) is 0 Å². The smallest absolute Gasteiger partial charge is 0.321 e. The predicted molar refractivity (Wildman–Crippen MR) is 67.1 cm³/mol. The summed E-state index contributed by atoms with van der Waals surface area (Å²) in [7, 11) is 0. The van der Waals surface area contributed by atoms with Crippen LogP contribution in [0.15, 0.2) is 0 Å². The van der Waals surface area contributed by atoms with Crippen molar-refractivity contribution in [2.24, 2.45) is 0 Å². The summed E-state index contributed by atoms with van der Waals surface area (Å²) in [4.78, 5) is 10.9. The first-order valence-electron chi connectivity index (χ1n) is 5.69. The van der Waals surface area contributed by atoms with Crippen LogP contribution >= 0.6 is 11.8 Å². The second-order valence-corrected chi connectivity index (χ2v) is 5.31. The number of nitrogens with one attached hydrogen (secondary N) is 1. The molecule has 17 heavy (non-hydrogen) atoms. The van der Waals surface area contributed by atoms with Crippen LogP contribution in [0.25, 0.3) is 0 Å². The fraction of sp³-hybridized carbons (Fsp3) is 0.636. The molecule has 1 aromatic rings. The topological polar surface area (TPSA) is 67.2 Å². The normalized spacial score (nSPS) is 24.2. The van der Waals surface area contributed by atoms with E-state index < -0.39 is 12.0 Å². The Labute approximate surface area is 105 Å². The van der Waals surface area contributed by atoms with E-state index in [0.717, 1.165) is 23.5 Å². The average molecular weight is 255 g/mol. The first-order valence-corrected chi connectivity index (χ1v) is 6.73. The molecule has 6 heteroatoms. The fourth-order valence-electron chi connectivity index (χ4n) is 2.18. The highest BCUT2D eigenvalue weighted by atomic mass is 32.2. The van der Waals surface area contributed by atoms with Crippen LogP contribution in [0.3, 0.4) is 0 Å². The summed E-state index contributed by atoms with van der Waals surface area (Å²) in [5.74, 6) is -0.172. The highest BCUT2D eigenvalue weighted by molar-refractivity contribution is 7.99. The van der Waals surface area contributed by atoms with Gasteiger partial charge in [0.2, 0.25) is 0 Å². The van der Waals surface area contributed by atoms with Gasteiger partial charge in [0.15, 0.2) is 0 Å². The first-order chi connectivity index (χ1) is 8.04. The largest absolute Gasteiger partial charge is 0.480 e. The Bertz CT molecular complexity index is 444. The maximum Gasteiger partial charge on any atom is 0.321 e. The van der Waals surface area contributed by atoms with Crippen LogP contribution in [-0.2, 0) is 11.3 Å². The van der Waals surface area contributed by atoms with E-state index in [1.807, 2.05) is 18.5 Å². The van der Waals surface area contributed by atoms with Crippen LogP contribution in [-0.4, -0.2) is 32.7 Å². The molecule has 0 radical (unpaired) electrons. The minimum atomic E-state index is -0.779. The summed E-state index contributed by atoms with van der Waals surface area (Å²) in [6.45, 7) is 6.91. The molecular weight excluding hydrogens is 238 g/mol. The Kier molecular flexibility index (Phi) is 3.44. The number of aryl methyl sites for hydroxylation is 2. The van der Waals surface area contributed by atoms with Crippen LogP contribution in [0, 0.1) is 13.8 Å². The SMILES string of the molecule is CCn1nc(C)c([C@H]2N[C@H](C(=O)O)CS2)c1C. The summed E-state index contributed by atoms with van der Waals surface area (Å²) >= 11 is 1.64. The van der Waals surface area contributed by atoms with Gasteiger partial charge in [0.05, 0.1) is 11.1 Å². The Hall–Kier alpha value is -1.01. The number of carboxylic acid groups (broad SMARTS) is 1. The lowest BCUT2D eigenvalue weighted by Gasteiger charge is -2.11. The van der Waals surface area contributed by atoms with E-state index in [9.17, 15) is 4.79 Å². The van der Waals surface area contributed by atoms with Gasteiger partial charge in [0, 0.05) is 23.6 Å². The molecule has 0 amide bonds. The number of thioether (sulfide) groups is 1. The van der Waals surface area contributed by atoms with Crippen molar-refractivity contribution in [1.82, 2.24) is 15.1 Å². The van der Waals surface area contributed by atoms with E-state index in [-0.39, 0.29) is 5.37 Å². The van der Waals surface area contributed by atoms with Gasteiger partial charge in [0.25, 0.3) is 0 Å². The molecule has 1 aliphatic heterocycles. The lowest BCUT2D eigenvalue weighted by atomic mass is 10.2. The molecular formula is C11H17N3O2S. The van der Waals surface area contributed by atoms with Gasteiger partial charge in [-0.2, -0.15) is 5.10 Å². The molecule has 1 aliphatic rings. The molecule has 2 atom stereocenters. The average Bonchev–Trinajstić information content (AvgIpc) is 2.83. The van der Waals surface area contributed by atoms with Crippen molar-refractivity contribution in [3.8, 4) is 0 Å². The van der Waals surface area contributed by atoms with Gasteiger partial charge >= 0.3 is 5.97 Å². The number of carboxylic acids is 1. The Morgan fingerprint density at radius 2 is 2.35 bits per heavy atom. The highest BCUT2D eigenvalue weighted by Crippen LogP contribution is 2.36. The Morgan fingerprint density at radius 3 is 2.82 bits per heavy atom. The molecule has 0 unspecified atom stereocenters. The van der Waals surface area contributed by atoms with Gasteiger partial charge in [-0.25, -0.2) is 0 Å². The number of rotatable bonds is 3. The lowest BCUT2D eigenvalue weighted by molar-refractivity contribution is -0.138. The van der Waals surface area contributed by atoms with Gasteiger partial charge in [0.1, 0.15) is 6.04 Å². The van der Waals surface area contributed by atoms with Crippen LogP contribution in [0.2, 0.25) is 0 Å². The number of aliphatic carboxylic acids is 1. The van der Waals surface area contributed by atoms with Gasteiger partial charge < -0.3 is 5.11 Å². The molecule has 2 heterocycles. The first kappa shape index (κ1) is 12.4. The predicted octanol–water partition coefficient (Wildman–Crippen LogP) is 1.31. The molecule has 2 rings (SSSR count). The maximum absolute atomic E-state index is 10.9. The molecule has 0 aliphatic carbocycles. The van der Waals surface area contributed by atoms with Crippen molar-refractivity contribution < 1.29 is 9.90 Å². The Morgan fingerprint density at radius 1 is 1.65 bits per heavy atom. The van der Waals surface area contributed by atoms with E-state index >= 15 is 0 Å². The molecule has 0 spiro atoms. The number of hydrogen-bond acceptors (Lipinski definition) is 4. The summed E-state index contributed by atoms with van der Waals surface area (Å²) in [5, 5.41) is 16.6. The zero-order valence-corrected chi connectivity index (χ0v) is 11.0. The molecule has 5 nitrogen and oxygen atoms in total. The molecule has 0 saturated carbocycles. The van der Waals surface area contributed by atoms with Gasteiger partial charge in [-0.1, -0.05) is 0 Å². The number of aromatic nitrogens is 2. The molecule has 1 saturated heterocycles. The standard InChI is InChI=1S/C11H17N3O2S/c1-4-14-7(3)9(6(2)13-14)10-12-8(5-17-10)11(15)16/h8,10,12H,4-5H2,1-3H3,(H,15,16)/t8-,10-/m0/s1. The third-order valence-electron chi connectivity index (χ3n) is 3.08. The van der Waals surface area contributed by atoms with E-state index in [2.05, 4.69) is 17.3 Å². The monoisotopic (exact) mass is 255 g/mol. The van der Waals surface area contributed by atoms with Crippen molar-refractivity contribution in [2.75, 3.05) is 5.75 Å². The summed E-state index contributed by atoms with van der Waals surface area (Å²) in [6, 6.07) is -0.450. The van der Waals surface area contributed by atoms with E-state index in [1.54, 1.807) is 11.8 Å². The van der Waals surface area contributed by atoms with Crippen LogP contribution in [0.5, 0.6) is 0 Å². The zero-order chi connectivity index (χ0) is 12.6. The Balaban J connectivity index is 2.24. The third kappa shape index (κ3) is 2.19.